The molecule has 0 aliphatic rings. The Morgan fingerprint density at radius 3 is 2.24 bits per heavy atom. The number of aliphatic hydroxyl groups is 1. The van der Waals surface area contributed by atoms with E-state index in [2.05, 4.69) is 18.7 Å². The molecule has 2 aromatic carbocycles. The van der Waals surface area contributed by atoms with Crippen LogP contribution in [0.4, 0.5) is 0 Å². The van der Waals surface area contributed by atoms with Gasteiger partial charge in [0.2, 0.25) is 5.88 Å². The van der Waals surface area contributed by atoms with E-state index in [0.717, 1.165) is 48.0 Å². The van der Waals surface area contributed by atoms with Gasteiger partial charge >= 0.3 is 0 Å². The summed E-state index contributed by atoms with van der Waals surface area (Å²) in [6.45, 7) is 12.6. The summed E-state index contributed by atoms with van der Waals surface area (Å²) in [7, 11) is 0. The molecule has 1 N–H and O–H groups in total. The molecule has 1 heterocycles. The molecular weight excluding hydrogens is 426 g/mol. The van der Waals surface area contributed by atoms with Crippen LogP contribution in [0.25, 0.3) is 5.69 Å². The van der Waals surface area contributed by atoms with Crippen molar-refractivity contribution in [2.24, 2.45) is 0 Å². The summed E-state index contributed by atoms with van der Waals surface area (Å²) in [5.74, 6) is 1.49. The number of benzene rings is 2. The van der Waals surface area contributed by atoms with E-state index in [0.29, 0.717) is 19.7 Å². The van der Waals surface area contributed by atoms with Crippen molar-refractivity contribution >= 4 is 0 Å². The Hall–Kier alpha value is -2.67. The number of nitrogens with zero attached hydrogens (tertiary/aromatic N) is 3. The zero-order valence-electron chi connectivity index (χ0n) is 21.2. The summed E-state index contributed by atoms with van der Waals surface area (Å²) in [6.07, 6.45) is 1.20. The molecule has 0 bridgehead atoms. The average molecular weight is 466 g/mol. The van der Waals surface area contributed by atoms with Gasteiger partial charge in [0.1, 0.15) is 5.75 Å². The van der Waals surface area contributed by atoms with Gasteiger partial charge in [-0.2, -0.15) is 5.10 Å². The summed E-state index contributed by atoms with van der Waals surface area (Å²) in [5, 5.41) is 15.6. The van der Waals surface area contributed by atoms with Gasteiger partial charge in [-0.3, -0.25) is 4.90 Å². The van der Waals surface area contributed by atoms with E-state index in [9.17, 15) is 5.11 Å². The first-order chi connectivity index (χ1) is 16.3. The van der Waals surface area contributed by atoms with Crippen LogP contribution in [-0.4, -0.2) is 51.2 Å². The minimum atomic E-state index is -0.571. The number of aromatic nitrogens is 2. The largest absolute Gasteiger partial charge is 0.439 e. The van der Waals surface area contributed by atoms with Gasteiger partial charge in [0.25, 0.3) is 0 Å². The molecule has 6 nitrogen and oxygen atoms in total. The lowest BCUT2D eigenvalue weighted by molar-refractivity contribution is -0.0567. The second kappa shape index (κ2) is 12.2. The molecule has 0 fully saturated rings. The lowest BCUT2D eigenvalue weighted by Crippen LogP contribution is -2.37. The number of ether oxygens (including phenoxy) is 2. The van der Waals surface area contributed by atoms with Crippen LogP contribution < -0.4 is 4.74 Å². The molecular formula is C28H39N3O3. The van der Waals surface area contributed by atoms with Crippen LogP contribution in [-0.2, 0) is 17.7 Å². The number of hydrogen-bond acceptors (Lipinski definition) is 5. The number of para-hydroxylation sites is 2. The minimum Gasteiger partial charge on any atom is -0.439 e. The minimum absolute atomic E-state index is 0.278. The van der Waals surface area contributed by atoms with Crippen molar-refractivity contribution in [3.05, 3.63) is 71.9 Å². The van der Waals surface area contributed by atoms with E-state index in [4.69, 9.17) is 14.6 Å². The second-order valence-corrected chi connectivity index (χ2v) is 9.56. The van der Waals surface area contributed by atoms with Crippen LogP contribution in [0, 0.1) is 0 Å². The third kappa shape index (κ3) is 7.42. The molecule has 1 unspecified atom stereocenters. The van der Waals surface area contributed by atoms with E-state index < -0.39 is 6.10 Å². The Labute approximate surface area is 204 Å². The van der Waals surface area contributed by atoms with Crippen molar-refractivity contribution < 1.29 is 14.6 Å². The monoisotopic (exact) mass is 465 g/mol. The van der Waals surface area contributed by atoms with Gasteiger partial charge in [-0.05, 0) is 64.4 Å². The lowest BCUT2D eigenvalue weighted by Gasteiger charge is -2.27. The standard InChI is InChI=1S/C28H39N3O3/c1-6-18-30(19-23(32)21-33-28(3,4)5)20-25-26(7-2)29-31(22-14-10-8-11-15-22)27(25)34-24-16-12-9-13-17-24/h8-17,23,32H,6-7,18-21H2,1-5H3. The fourth-order valence-corrected chi connectivity index (χ4v) is 3.84. The zero-order chi connectivity index (χ0) is 24.6. The highest BCUT2D eigenvalue weighted by atomic mass is 16.5. The van der Waals surface area contributed by atoms with E-state index in [1.165, 1.54) is 0 Å². The topological polar surface area (TPSA) is 59.8 Å². The molecule has 184 valence electrons. The first-order valence-electron chi connectivity index (χ1n) is 12.2. The van der Waals surface area contributed by atoms with Crippen LogP contribution in [0.2, 0.25) is 0 Å². The number of aryl methyl sites for hydroxylation is 1. The number of rotatable bonds is 12. The Morgan fingerprint density at radius 2 is 1.65 bits per heavy atom. The highest BCUT2D eigenvalue weighted by Gasteiger charge is 2.24. The van der Waals surface area contributed by atoms with Crippen molar-refractivity contribution in [3.8, 4) is 17.3 Å². The molecule has 1 aromatic heterocycles. The fraction of sp³-hybridized carbons (Fsp3) is 0.464. The molecule has 0 spiro atoms. The summed E-state index contributed by atoms with van der Waals surface area (Å²) in [6, 6.07) is 19.9. The van der Waals surface area contributed by atoms with Gasteiger partial charge in [0.05, 0.1) is 35.3 Å². The molecule has 0 radical (unpaired) electrons. The van der Waals surface area contributed by atoms with Crippen molar-refractivity contribution in [2.75, 3.05) is 19.7 Å². The molecule has 3 rings (SSSR count). The molecule has 0 saturated carbocycles. The van der Waals surface area contributed by atoms with Crippen LogP contribution in [0.3, 0.4) is 0 Å². The maximum Gasteiger partial charge on any atom is 0.227 e. The van der Waals surface area contributed by atoms with E-state index in [1.807, 2.05) is 86.1 Å². The highest BCUT2D eigenvalue weighted by Crippen LogP contribution is 2.32. The maximum atomic E-state index is 10.7. The number of hydrogen-bond donors (Lipinski definition) is 1. The summed E-state index contributed by atoms with van der Waals surface area (Å²) in [4.78, 5) is 2.26. The zero-order valence-corrected chi connectivity index (χ0v) is 21.2. The van der Waals surface area contributed by atoms with Crippen LogP contribution in [0.5, 0.6) is 11.6 Å². The third-order valence-electron chi connectivity index (χ3n) is 5.41. The van der Waals surface area contributed by atoms with Crippen LogP contribution in [0.15, 0.2) is 60.7 Å². The van der Waals surface area contributed by atoms with Gasteiger partial charge in [-0.25, -0.2) is 4.68 Å². The van der Waals surface area contributed by atoms with Gasteiger partial charge in [-0.1, -0.05) is 50.2 Å². The maximum absolute atomic E-state index is 10.7. The smallest absolute Gasteiger partial charge is 0.227 e. The fourth-order valence-electron chi connectivity index (χ4n) is 3.84. The average Bonchev–Trinajstić information content (AvgIpc) is 3.15. The summed E-state index contributed by atoms with van der Waals surface area (Å²) < 4.78 is 14.1. The second-order valence-electron chi connectivity index (χ2n) is 9.56. The Balaban J connectivity index is 1.93. The van der Waals surface area contributed by atoms with E-state index >= 15 is 0 Å². The molecule has 3 aromatic rings. The molecule has 0 amide bonds. The number of aliphatic hydroxyl groups excluding tert-OH is 1. The first-order valence-corrected chi connectivity index (χ1v) is 12.2. The molecule has 0 aliphatic heterocycles. The third-order valence-corrected chi connectivity index (χ3v) is 5.41. The Morgan fingerprint density at radius 1 is 1.00 bits per heavy atom. The predicted octanol–water partition coefficient (Wildman–Crippen LogP) is 5.62. The quantitative estimate of drug-likeness (QED) is 0.376. The highest BCUT2D eigenvalue weighted by molar-refractivity contribution is 5.43. The van der Waals surface area contributed by atoms with Gasteiger partial charge < -0.3 is 14.6 Å². The lowest BCUT2D eigenvalue weighted by atomic mass is 10.1. The predicted molar refractivity (Wildman–Crippen MR) is 137 cm³/mol. The van der Waals surface area contributed by atoms with E-state index in [1.54, 1.807) is 0 Å². The van der Waals surface area contributed by atoms with Gasteiger partial charge in [-0.15, -0.1) is 0 Å². The molecule has 0 saturated heterocycles. The van der Waals surface area contributed by atoms with E-state index in [-0.39, 0.29) is 5.60 Å². The normalized spacial score (nSPS) is 12.8. The molecule has 1 atom stereocenters. The van der Waals surface area contributed by atoms with Gasteiger partial charge in [0, 0.05) is 13.1 Å². The molecule has 6 heteroatoms. The van der Waals surface area contributed by atoms with Gasteiger partial charge in [0.15, 0.2) is 0 Å². The Kier molecular flexibility index (Phi) is 9.28. The summed E-state index contributed by atoms with van der Waals surface area (Å²) in [5.41, 5.74) is 2.72. The van der Waals surface area contributed by atoms with Crippen molar-refractivity contribution in [3.63, 3.8) is 0 Å². The molecule has 34 heavy (non-hydrogen) atoms. The first kappa shape index (κ1) is 25.9. The molecule has 0 aliphatic carbocycles. The summed E-state index contributed by atoms with van der Waals surface area (Å²) >= 11 is 0. The van der Waals surface area contributed by atoms with Crippen molar-refractivity contribution in [2.45, 2.75) is 65.7 Å². The Bertz CT molecular complexity index is 997. The van der Waals surface area contributed by atoms with Crippen LogP contribution >= 0.6 is 0 Å². The SMILES string of the molecule is CCCN(Cc1c(CC)nn(-c2ccccc2)c1Oc1ccccc1)CC(O)COC(C)(C)C. The van der Waals surface area contributed by atoms with Crippen molar-refractivity contribution in [1.82, 2.24) is 14.7 Å². The van der Waals surface area contributed by atoms with Crippen molar-refractivity contribution in [1.29, 1.82) is 0 Å². The van der Waals surface area contributed by atoms with Crippen LogP contribution in [0.1, 0.15) is 52.3 Å².